The Kier molecular flexibility index (Phi) is 4.03. The van der Waals surface area contributed by atoms with Crippen molar-refractivity contribution in [1.29, 1.82) is 0 Å². The zero-order valence-corrected chi connectivity index (χ0v) is 12.2. The molecular weight excluding hydrogens is 291 g/mol. The van der Waals surface area contributed by atoms with Gasteiger partial charge in [-0.05, 0) is 37.1 Å². The Morgan fingerprint density at radius 2 is 2.19 bits per heavy atom. The molecule has 1 saturated heterocycles. The molecule has 1 unspecified atom stereocenters. The minimum atomic E-state index is -0.434. The number of hydrogen-bond acceptors (Lipinski definition) is 4. The summed E-state index contributed by atoms with van der Waals surface area (Å²) in [5, 5.41) is 0.0904. The van der Waals surface area contributed by atoms with Crippen molar-refractivity contribution in [3.8, 4) is 11.3 Å². The van der Waals surface area contributed by atoms with E-state index in [2.05, 4.69) is 14.9 Å². The minimum Gasteiger partial charge on any atom is -0.339 e. The maximum atomic E-state index is 13.2. The van der Waals surface area contributed by atoms with E-state index in [0.717, 1.165) is 37.2 Å². The van der Waals surface area contributed by atoms with Crippen LogP contribution >= 0.6 is 11.6 Å². The highest BCUT2D eigenvalue weighted by atomic mass is 35.5. The molecule has 0 radical (unpaired) electrons. The molecule has 110 valence electrons. The third kappa shape index (κ3) is 3.14. The highest BCUT2D eigenvalue weighted by Gasteiger charge is 2.19. The highest BCUT2D eigenvalue weighted by molar-refractivity contribution is 6.31. The summed E-state index contributed by atoms with van der Waals surface area (Å²) in [5.74, 6) is 0.222. The molecule has 3 rings (SSSR count). The van der Waals surface area contributed by atoms with Crippen molar-refractivity contribution in [1.82, 2.24) is 9.97 Å². The predicted octanol–water partition coefficient (Wildman–Crippen LogP) is 2.86. The van der Waals surface area contributed by atoms with Crippen molar-refractivity contribution < 1.29 is 4.39 Å². The summed E-state index contributed by atoms with van der Waals surface area (Å²) in [6.07, 6.45) is 3.77. The number of nitrogens with zero attached hydrogens (tertiary/aromatic N) is 3. The van der Waals surface area contributed by atoms with E-state index in [-0.39, 0.29) is 11.1 Å². The Bertz CT molecular complexity index is 649. The number of hydrogen-bond donors (Lipinski definition) is 1. The summed E-state index contributed by atoms with van der Waals surface area (Å²) in [6, 6.07) is 6.53. The van der Waals surface area contributed by atoms with Crippen LogP contribution in [0.4, 0.5) is 10.3 Å². The monoisotopic (exact) mass is 306 g/mol. The fourth-order valence-electron chi connectivity index (χ4n) is 2.51. The molecule has 1 aromatic heterocycles. The first-order valence-corrected chi connectivity index (χ1v) is 7.30. The van der Waals surface area contributed by atoms with E-state index in [1.54, 1.807) is 24.4 Å². The second-order valence-electron chi connectivity index (χ2n) is 5.22. The van der Waals surface area contributed by atoms with Crippen molar-refractivity contribution >= 4 is 17.5 Å². The topological polar surface area (TPSA) is 55.0 Å². The summed E-state index contributed by atoms with van der Waals surface area (Å²) in [5.41, 5.74) is 7.48. The molecule has 1 atom stereocenters. The Hall–Kier alpha value is -1.72. The van der Waals surface area contributed by atoms with Gasteiger partial charge in [0.25, 0.3) is 0 Å². The lowest BCUT2D eigenvalue weighted by atomic mass is 10.1. The Morgan fingerprint density at radius 1 is 1.33 bits per heavy atom. The number of benzene rings is 1. The molecule has 0 aliphatic carbocycles. The third-order valence-electron chi connectivity index (χ3n) is 3.60. The molecule has 2 aromatic rings. The smallest absolute Gasteiger partial charge is 0.225 e. The number of rotatable bonds is 2. The van der Waals surface area contributed by atoms with Crippen LogP contribution in [-0.2, 0) is 0 Å². The van der Waals surface area contributed by atoms with Crippen molar-refractivity contribution in [3.63, 3.8) is 0 Å². The molecule has 4 nitrogen and oxygen atoms in total. The van der Waals surface area contributed by atoms with E-state index >= 15 is 0 Å². The largest absolute Gasteiger partial charge is 0.339 e. The zero-order valence-electron chi connectivity index (χ0n) is 11.5. The lowest BCUT2D eigenvalue weighted by Crippen LogP contribution is -2.43. The SMILES string of the molecule is NC1CCCN(c2nccc(-c3ccc(F)c(Cl)c3)n2)C1. The molecule has 1 fully saturated rings. The molecule has 1 aromatic carbocycles. The minimum absolute atomic E-state index is 0.0904. The zero-order chi connectivity index (χ0) is 14.8. The highest BCUT2D eigenvalue weighted by Crippen LogP contribution is 2.25. The fourth-order valence-corrected chi connectivity index (χ4v) is 2.69. The van der Waals surface area contributed by atoms with Crippen LogP contribution in [0.1, 0.15) is 12.8 Å². The van der Waals surface area contributed by atoms with Gasteiger partial charge in [0.2, 0.25) is 5.95 Å². The van der Waals surface area contributed by atoms with E-state index in [9.17, 15) is 4.39 Å². The number of nitrogens with two attached hydrogens (primary N) is 1. The predicted molar refractivity (Wildman–Crippen MR) is 81.9 cm³/mol. The molecule has 0 amide bonds. The van der Waals surface area contributed by atoms with Gasteiger partial charge in [0.1, 0.15) is 5.82 Å². The Labute approximate surface area is 127 Å². The summed E-state index contributed by atoms with van der Waals surface area (Å²) in [7, 11) is 0. The first-order valence-electron chi connectivity index (χ1n) is 6.92. The van der Waals surface area contributed by atoms with Gasteiger partial charge >= 0.3 is 0 Å². The van der Waals surface area contributed by atoms with Crippen LogP contribution in [0.3, 0.4) is 0 Å². The van der Waals surface area contributed by atoms with E-state index < -0.39 is 5.82 Å². The Balaban J connectivity index is 1.90. The number of anilines is 1. The van der Waals surface area contributed by atoms with Gasteiger partial charge in [-0.3, -0.25) is 0 Å². The van der Waals surface area contributed by atoms with Gasteiger partial charge in [-0.15, -0.1) is 0 Å². The van der Waals surface area contributed by atoms with Gasteiger partial charge in [0.05, 0.1) is 10.7 Å². The molecular formula is C15H16ClFN4. The second kappa shape index (κ2) is 5.95. The van der Waals surface area contributed by atoms with Crippen LogP contribution in [0.2, 0.25) is 5.02 Å². The lowest BCUT2D eigenvalue weighted by molar-refractivity contribution is 0.500. The summed E-state index contributed by atoms with van der Waals surface area (Å²) >= 11 is 5.83. The van der Waals surface area contributed by atoms with Crippen molar-refractivity contribution in [2.45, 2.75) is 18.9 Å². The molecule has 2 heterocycles. The molecule has 0 saturated carbocycles. The van der Waals surface area contributed by atoms with E-state index in [4.69, 9.17) is 17.3 Å². The normalized spacial score (nSPS) is 18.8. The molecule has 21 heavy (non-hydrogen) atoms. The van der Waals surface area contributed by atoms with E-state index in [0.29, 0.717) is 5.95 Å². The Morgan fingerprint density at radius 3 is 2.95 bits per heavy atom. The quantitative estimate of drug-likeness (QED) is 0.927. The molecule has 0 bridgehead atoms. The van der Waals surface area contributed by atoms with Crippen LogP contribution < -0.4 is 10.6 Å². The van der Waals surface area contributed by atoms with Gasteiger partial charge in [-0.25, -0.2) is 14.4 Å². The first-order chi connectivity index (χ1) is 10.1. The standard InChI is InChI=1S/C15H16ClFN4/c16-12-8-10(3-4-13(12)17)14-5-6-19-15(20-14)21-7-1-2-11(18)9-21/h3-6,8,11H,1-2,7,9,18H2. The maximum absolute atomic E-state index is 13.2. The molecule has 1 aliphatic heterocycles. The van der Waals surface area contributed by atoms with E-state index in [1.165, 1.54) is 6.07 Å². The van der Waals surface area contributed by atoms with Crippen LogP contribution in [0.5, 0.6) is 0 Å². The van der Waals surface area contributed by atoms with Crippen LogP contribution in [-0.4, -0.2) is 29.1 Å². The average Bonchev–Trinajstić information content (AvgIpc) is 2.50. The van der Waals surface area contributed by atoms with Gasteiger partial charge in [-0.1, -0.05) is 11.6 Å². The fraction of sp³-hybridized carbons (Fsp3) is 0.333. The summed E-state index contributed by atoms with van der Waals surface area (Å²) < 4.78 is 13.2. The van der Waals surface area contributed by atoms with E-state index in [1.807, 2.05) is 0 Å². The number of aromatic nitrogens is 2. The summed E-state index contributed by atoms with van der Waals surface area (Å²) in [6.45, 7) is 1.66. The van der Waals surface area contributed by atoms with Crippen LogP contribution in [0.15, 0.2) is 30.5 Å². The first kappa shape index (κ1) is 14.2. The third-order valence-corrected chi connectivity index (χ3v) is 3.89. The van der Waals surface area contributed by atoms with Gasteiger partial charge < -0.3 is 10.6 Å². The van der Waals surface area contributed by atoms with Crippen molar-refractivity contribution in [2.24, 2.45) is 5.73 Å². The van der Waals surface area contributed by atoms with Crippen molar-refractivity contribution in [3.05, 3.63) is 41.3 Å². The number of halogens is 2. The van der Waals surface area contributed by atoms with Gasteiger partial charge in [-0.2, -0.15) is 0 Å². The molecule has 1 aliphatic rings. The average molecular weight is 307 g/mol. The summed E-state index contributed by atoms with van der Waals surface area (Å²) in [4.78, 5) is 11.0. The molecule has 2 N–H and O–H groups in total. The molecule has 0 spiro atoms. The number of piperidine rings is 1. The van der Waals surface area contributed by atoms with Crippen molar-refractivity contribution in [2.75, 3.05) is 18.0 Å². The van der Waals surface area contributed by atoms with Gasteiger partial charge in [0.15, 0.2) is 0 Å². The van der Waals surface area contributed by atoms with Crippen LogP contribution in [0, 0.1) is 5.82 Å². The van der Waals surface area contributed by atoms with Crippen LogP contribution in [0.25, 0.3) is 11.3 Å². The lowest BCUT2D eigenvalue weighted by Gasteiger charge is -2.30. The van der Waals surface area contributed by atoms with Gasteiger partial charge in [0, 0.05) is 30.9 Å². The maximum Gasteiger partial charge on any atom is 0.225 e. The second-order valence-corrected chi connectivity index (χ2v) is 5.63. The molecule has 6 heteroatoms.